The lowest BCUT2D eigenvalue weighted by atomic mass is 9.48. The van der Waals surface area contributed by atoms with Gasteiger partial charge in [-0.3, -0.25) is 38.7 Å². The maximum Gasteiger partial charge on any atom is 0.269 e. The summed E-state index contributed by atoms with van der Waals surface area (Å²) in [6.45, 7) is 12.2. The van der Waals surface area contributed by atoms with Crippen molar-refractivity contribution in [3.05, 3.63) is 75.9 Å². The number of nitriles is 1. The van der Waals surface area contributed by atoms with E-state index in [9.17, 15) is 29.2 Å². The van der Waals surface area contributed by atoms with Gasteiger partial charge in [0.15, 0.2) is 11.5 Å². The van der Waals surface area contributed by atoms with Crippen LogP contribution < -0.4 is 20.3 Å². The van der Waals surface area contributed by atoms with Crippen LogP contribution in [0.3, 0.4) is 0 Å². The molecule has 5 fully saturated rings. The normalized spacial score (nSPS) is 27.2. The zero-order valence-electron chi connectivity index (χ0n) is 34.8. The van der Waals surface area contributed by atoms with Gasteiger partial charge in [-0.05, 0) is 80.5 Å². The smallest absolute Gasteiger partial charge is 0.269 e. The van der Waals surface area contributed by atoms with Crippen LogP contribution in [-0.4, -0.2) is 117 Å². The summed E-state index contributed by atoms with van der Waals surface area (Å²) in [6.07, 6.45) is 3.91. The number of hydrogen-bond acceptors (Lipinski definition) is 12. The number of hydrogen-bond donors (Lipinski definition) is 1. The lowest BCUT2D eigenvalue weighted by molar-refractivity contribution is -0.216. The molecular weight excluding hydrogens is 798 g/mol. The van der Waals surface area contributed by atoms with Crippen LogP contribution in [0.4, 0.5) is 11.5 Å². The molecular formula is C45H50ClN9O6. The topological polar surface area (TPSA) is 186 Å². The van der Waals surface area contributed by atoms with E-state index in [1.54, 1.807) is 36.4 Å². The van der Waals surface area contributed by atoms with Gasteiger partial charge in [-0.2, -0.15) is 5.26 Å². The maximum atomic E-state index is 14.5. The number of carbonyl (C=O) groups excluding carboxylic acids is 5. The number of benzene rings is 2. The van der Waals surface area contributed by atoms with E-state index in [0.717, 1.165) is 74.8 Å². The Morgan fingerprint density at radius 1 is 0.852 bits per heavy atom. The van der Waals surface area contributed by atoms with Gasteiger partial charge >= 0.3 is 0 Å². The van der Waals surface area contributed by atoms with Gasteiger partial charge in [-0.25, -0.2) is 0 Å². The van der Waals surface area contributed by atoms with E-state index in [2.05, 4.69) is 24.9 Å². The molecule has 1 aromatic heterocycles. The van der Waals surface area contributed by atoms with Crippen molar-refractivity contribution in [2.75, 3.05) is 42.5 Å². The Morgan fingerprint density at radius 3 is 2.16 bits per heavy atom. The minimum atomic E-state index is -1.11. The molecule has 0 spiro atoms. The van der Waals surface area contributed by atoms with E-state index < -0.39 is 52.6 Å². The highest BCUT2D eigenvalue weighted by Crippen LogP contribution is 2.58. The monoisotopic (exact) mass is 847 g/mol. The summed E-state index contributed by atoms with van der Waals surface area (Å²) in [4.78, 5) is 77.3. The Kier molecular flexibility index (Phi) is 10.1. The van der Waals surface area contributed by atoms with Crippen LogP contribution in [0.25, 0.3) is 0 Å². The number of aromatic nitrogens is 2. The molecule has 9 rings (SSSR count). The number of piperidine rings is 2. The van der Waals surface area contributed by atoms with Crippen molar-refractivity contribution >= 4 is 52.6 Å². The van der Waals surface area contributed by atoms with Gasteiger partial charge in [0.1, 0.15) is 24.0 Å². The fourth-order valence-corrected chi connectivity index (χ4v) is 11.9. The molecule has 16 heteroatoms. The third kappa shape index (κ3) is 6.79. The first-order valence-corrected chi connectivity index (χ1v) is 21.6. The van der Waals surface area contributed by atoms with E-state index in [0.29, 0.717) is 29.3 Å². The van der Waals surface area contributed by atoms with E-state index in [1.165, 1.54) is 4.90 Å². The molecule has 1 saturated carbocycles. The number of likely N-dealkylation sites (tertiary alicyclic amines) is 1. The van der Waals surface area contributed by atoms with Gasteiger partial charge in [0, 0.05) is 73.8 Å². The predicted octanol–water partition coefficient (Wildman–Crippen LogP) is 4.67. The number of amides is 5. The van der Waals surface area contributed by atoms with Crippen LogP contribution in [0.2, 0.25) is 5.02 Å². The van der Waals surface area contributed by atoms with Crippen molar-refractivity contribution in [1.82, 2.24) is 24.9 Å². The molecule has 1 aliphatic carbocycles. The van der Waals surface area contributed by atoms with E-state index in [1.807, 2.05) is 45.9 Å². The van der Waals surface area contributed by atoms with E-state index in [-0.39, 0.29) is 40.6 Å². The largest absolute Gasteiger partial charge is 0.489 e. The molecule has 3 atom stereocenters. The average molecular weight is 848 g/mol. The van der Waals surface area contributed by atoms with Gasteiger partial charge in [-0.15, -0.1) is 10.2 Å². The number of anilines is 2. The van der Waals surface area contributed by atoms with Crippen molar-refractivity contribution in [3.63, 3.8) is 0 Å². The number of piperazine rings is 1. The van der Waals surface area contributed by atoms with Gasteiger partial charge in [0.2, 0.25) is 5.91 Å². The Hall–Kier alpha value is -5.59. The Morgan fingerprint density at radius 2 is 1.54 bits per heavy atom. The van der Waals surface area contributed by atoms with Crippen LogP contribution in [-0.2, 0) is 9.59 Å². The molecule has 5 amide bonds. The number of fused-ring (bicyclic) bond motifs is 3. The second kappa shape index (κ2) is 15.1. The molecule has 6 heterocycles. The predicted molar refractivity (Wildman–Crippen MR) is 225 cm³/mol. The molecule has 0 unspecified atom stereocenters. The highest BCUT2D eigenvalue weighted by atomic mass is 35.5. The molecule has 318 valence electrons. The molecule has 3 aromatic rings. The van der Waals surface area contributed by atoms with Crippen LogP contribution in [0.1, 0.15) is 103 Å². The van der Waals surface area contributed by atoms with Gasteiger partial charge in [0.25, 0.3) is 23.6 Å². The third-order valence-electron chi connectivity index (χ3n) is 14.3. The standard InChI is InChI=1S/C45H50ClN9O6/c1-44(2)42(45(3,4)43(44)61-30-9-5-26(21-47)33(46)20-30)55-37(56)14-12-35(41(55)60)54-39(58)31-10-8-27(19-32(31)40(54)59)52-23-28-6-7-29(24-52)53(28)22-25-15-17-51(18-16-25)36-13-11-34(38(48)57)49-50-36/h5,8-11,13,19-20,25,28-29,35,42-43H,6-7,12,14-18,22-24H2,1-4H3,(H2,48,57)/t28-,29-,35-,42?,43?/m1/s1. The summed E-state index contributed by atoms with van der Waals surface area (Å²) in [5, 5.41) is 17.8. The Balaban J connectivity index is 0.847. The second-order valence-electron chi connectivity index (χ2n) is 18.7. The number of imide groups is 2. The van der Waals surface area contributed by atoms with Gasteiger partial charge in [0.05, 0.1) is 27.8 Å². The fourth-order valence-electron chi connectivity index (χ4n) is 11.7. The molecule has 2 bridgehead atoms. The van der Waals surface area contributed by atoms with Crippen molar-refractivity contribution in [3.8, 4) is 11.8 Å². The minimum absolute atomic E-state index is 0.0154. The fraction of sp³-hybridized carbons (Fsp3) is 0.511. The number of primary amides is 1. The molecule has 4 saturated heterocycles. The molecule has 5 aliphatic heterocycles. The van der Waals surface area contributed by atoms with Crippen molar-refractivity contribution in [2.24, 2.45) is 22.5 Å². The molecule has 61 heavy (non-hydrogen) atoms. The third-order valence-corrected chi connectivity index (χ3v) is 14.6. The summed E-state index contributed by atoms with van der Waals surface area (Å²) in [6, 6.07) is 14.8. The molecule has 15 nitrogen and oxygen atoms in total. The first-order chi connectivity index (χ1) is 29.1. The number of nitrogens with two attached hydrogens (primary N) is 1. The zero-order chi connectivity index (χ0) is 43.1. The minimum Gasteiger partial charge on any atom is -0.489 e. The van der Waals surface area contributed by atoms with Crippen LogP contribution in [0, 0.1) is 28.1 Å². The van der Waals surface area contributed by atoms with Crippen LogP contribution in [0.5, 0.6) is 5.75 Å². The molecule has 6 aliphatic rings. The van der Waals surface area contributed by atoms with Gasteiger partial charge < -0.3 is 20.3 Å². The number of nitrogens with zero attached hydrogens (tertiary/aromatic N) is 8. The first kappa shape index (κ1) is 40.8. The number of halogens is 1. The average Bonchev–Trinajstić information content (AvgIpc) is 3.61. The summed E-state index contributed by atoms with van der Waals surface area (Å²) >= 11 is 6.29. The Bertz CT molecular complexity index is 2340. The lowest BCUT2D eigenvalue weighted by Crippen LogP contribution is -2.77. The van der Waals surface area contributed by atoms with Crippen molar-refractivity contribution < 1.29 is 28.7 Å². The summed E-state index contributed by atoms with van der Waals surface area (Å²) in [5.74, 6) is -0.730. The SMILES string of the molecule is CC1(C)C(Oc2ccc(C#N)c(Cl)c2)C(C)(C)C1N1C(=O)CC[C@@H](N2C(=O)c3ccc(N4C[C@H]5CC[C@H](C4)N5CC4CCN(c5ccc(C(N)=O)nn5)CC4)cc3C2=O)C1=O. The number of carbonyl (C=O) groups is 5. The van der Waals surface area contributed by atoms with Crippen LogP contribution >= 0.6 is 11.6 Å². The number of rotatable bonds is 9. The van der Waals surface area contributed by atoms with E-state index in [4.69, 9.17) is 22.1 Å². The summed E-state index contributed by atoms with van der Waals surface area (Å²) in [7, 11) is 0. The summed E-state index contributed by atoms with van der Waals surface area (Å²) < 4.78 is 6.42. The van der Waals surface area contributed by atoms with E-state index >= 15 is 0 Å². The zero-order valence-corrected chi connectivity index (χ0v) is 35.6. The van der Waals surface area contributed by atoms with Gasteiger partial charge in [-0.1, -0.05) is 39.3 Å². The Labute approximate surface area is 359 Å². The molecule has 2 N–H and O–H groups in total. The highest BCUT2D eigenvalue weighted by molar-refractivity contribution is 6.31. The van der Waals surface area contributed by atoms with Crippen LogP contribution in [0.15, 0.2) is 48.5 Å². The lowest BCUT2D eigenvalue weighted by Gasteiger charge is -2.65. The van der Waals surface area contributed by atoms with Crippen molar-refractivity contribution in [1.29, 1.82) is 5.26 Å². The number of ether oxygens (including phenoxy) is 1. The first-order valence-electron chi connectivity index (χ1n) is 21.2. The highest BCUT2D eigenvalue weighted by Gasteiger charge is 2.68. The quantitative estimate of drug-likeness (QED) is 0.294. The molecule has 0 radical (unpaired) electrons. The molecule has 2 aromatic carbocycles. The summed E-state index contributed by atoms with van der Waals surface area (Å²) in [5.41, 5.74) is 5.85. The second-order valence-corrected chi connectivity index (χ2v) is 19.1. The van der Waals surface area contributed by atoms with Crippen molar-refractivity contribution in [2.45, 2.75) is 96.5 Å². The maximum absolute atomic E-state index is 14.5.